The lowest BCUT2D eigenvalue weighted by molar-refractivity contribution is 0.0635. The average Bonchev–Trinajstić information content (AvgIpc) is 3.15. The van der Waals surface area contributed by atoms with E-state index in [2.05, 4.69) is 82.0 Å². The van der Waals surface area contributed by atoms with E-state index >= 15 is 0 Å². The molecule has 1 spiro atoms. The summed E-state index contributed by atoms with van der Waals surface area (Å²) >= 11 is 0. The standard InChI is InChI=1S/C32H40N4O2/c1-7-17-35(18-8-2)19-20-36-31(37)25-11-9-10-12-26(25)32(36)27-15-13-23(33(3)4)21-29(27)38-30-22-24(34(5)6)14-16-28(30)32/h9-16,21-22H,7-8,17-20H2,1-6H3. The number of rotatable bonds is 9. The van der Waals surface area contributed by atoms with Gasteiger partial charge in [-0.3, -0.25) is 4.79 Å². The maximum Gasteiger partial charge on any atom is 0.255 e. The summed E-state index contributed by atoms with van der Waals surface area (Å²) in [5.74, 6) is 1.68. The van der Waals surface area contributed by atoms with Crippen LogP contribution in [0.3, 0.4) is 0 Å². The zero-order valence-electron chi connectivity index (χ0n) is 23.6. The summed E-state index contributed by atoms with van der Waals surface area (Å²) in [6.45, 7) is 7.97. The molecule has 0 unspecified atom stereocenters. The molecule has 3 aromatic carbocycles. The highest BCUT2D eigenvalue weighted by Crippen LogP contribution is 2.58. The summed E-state index contributed by atoms with van der Waals surface area (Å²) in [7, 11) is 8.15. The van der Waals surface area contributed by atoms with Crippen LogP contribution in [0.25, 0.3) is 0 Å². The summed E-state index contributed by atoms with van der Waals surface area (Å²) < 4.78 is 6.65. The first-order valence-electron chi connectivity index (χ1n) is 13.8. The van der Waals surface area contributed by atoms with Gasteiger partial charge in [-0.1, -0.05) is 44.2 Å². The van der Waals surface area contributed by atoms with Crippen LogP contribution in [-0.4, -0.2) is 70.1 Å². The molecule has 2 aliphatic rings. The number of hydrogen-bond acceptors (Lipinski definition) is 5. The molecule has 0 bridgehead atoms. The summed E-state index contributed by atoms with van der Waals surface area (Å²) in [6, 6.07) is 20.9. The number of benzene rings is 3. The average molecular weight is 513 g/mol. The molecule has 38 heavy (non-hydrogen) atoms. The van der Waals surface area contributed by atoms with E-state index in [1.165, 1.54) is 0 Å². The summed E-state index contributed by atoms with van der Waals surface area (Å²) in [5.41, 5.74) is 5.21. The molecule has 0 radical (unpaired) electrons. The lowest BCUT2D eigenvalue weighted by Crippen LogP contribution is -2.50. The van der Waals surface area contributed by atoms with Gasteiger partial charge in [-0.2, -0.15) is 0 Å². The van der Waals surface area contributed by atoms with Crippen molar-refractivity contribution >= 4 is 17.3 Å². The van der Waals surface area contributed by atoms with Crippen LogP contribution in [0.15, 0.2) is 60.7 Å². The van der Waals surface area contributed by atoms with E-state index in [4.69, 9.17) is 4.74 Å². The lowest BCUT2D eigenvalue weighted by atomic mass is 9.74. The van der Waals surface area contributed by atoms with Crippen molar-refractivity contribution in [3.8, 4) is 11.5 Å². The van der Waals surface area contributed by atoms with E-state index in [1.807, 2.05) is 40.3 Å². The second-order valence-corrected chi connectivity index (χ2v) is 10.8. The van der Waals surface area contributed by atoms with Crippen LogP contribution in [0, 0.1) is 0 Å². The van der Waals surface area contributed by atoms with Gasteiger partial charge < -0.3 is 24.3 Å². The predicted octanol–water partition coefficient (Wildman–Crippen LogP) is 5.79. The Morgan fingerprint density at radius 2 is 1.29 bits per heavy atom. The SMILES string of the molecule is CCCN(CCC)CCN1C(=O)c2ccccc2C12c1ccc(N(C)C)cc1Oc1cc(N(C)C)ccc12. The number of ether oxygens (including phenoxy) is 1. The number of carbonyl (C=O) groups excluding carboxylic acids is 1. The zero-order valence-corrected chi connectivity index (χ0v) is 23.6. The highest BCUT2D eigenvalue weighted by Gasteiger charge is 2.56. The molecule has 2 aliphatic heterocycles. The van der Waals surface area contributed by atoms with Crippen molar-refractivity contribution in [1.29, 1.82) is 0 Å². The molecule has 6 nitrogen and oxygen atoms in total. The van der Waals surface area contributed by atoms with Crippen molar-refractivity contribution in [3.05, 3.63) is 82.9 Å². The van der Waals surface area contributed by atoms with Gasteiger partial charge in [-0.15, -0.1) is 0 Å². The maximum absolute atomic E-state index is 14.2. The van der Waals surface area contributed by atoms with Gasteiger partial charge in [0.25, 0.3) is 5.91 Å². The van der Waals surface area contributed by atoms with Crippen molar-refractivity contribution in [1.82, 2.24) is 9.80 Å². The lowest BCUT2D eigenvalue weighted by Gasteiger charge is -2.45. The third-order valence-electron chi connectivity index (χ3n) is 7.88. The third-order valence-corrected chi connectivity index (χ3v) is 7.88. The first-order valence-corrected chi connectivity index (χ1v) is 13.8. The number of carbonyl (C=O) groups is 1. The second kappa shape index (κ2) is 10.3. The molecular formula is C32H40N4O2. The number of fused-ring (bicyclic) bond motifs is 6. The van der Waals surface area contributed by atoms with Gasteiger partial charge in [0, 0.05) is 81.5 Å². The minimum Gasteiger partial charge on any atom is -0.456 e. The monoisotopic (exact) mass is 512 g/mol. The Morgan fingerprint density at radius 1 is 0.737 bits per heavy atom. The Hall–Kier alpha value is -3.51. The van der Waals surface area contributed by atoms with Crippen LogP contribution < -0.4 is 14.5 Å². The van der Waals surface area contributed by atoms with E-state index in [0.717, 1.165) is 77.6 Å². The predicted molar refractivity (Wildman–Crippen MR) is 156 cm³/mol. The fraction of sp³-hybridized carbons (Fsp3) is 0.406. The molecule has 3 aromatic rings. The molecule has 0 saturated carbocycles. The minimum atomic E-state index is -0.754. The molecule has 0 atom stereocenters. The van der Waals surface area contributed by atoms with Crippen LogP contribution in [0.5, 0.6) is 11.5 Å². The number of amides is 1. The Morgan fingerprint density at radius 3 is 1.82 bits per heavy atom. The summed E-state index contributed by atoms with van der Waals surface area (Å²) in [4.78, 5) is 23.0. The van der Waals surface area contributed by atoms with Gasteiger partial charge in [0.05, 0.1) is 0 Å². The Balaban J connectivity index is 1.75. The van der Waals surface area contributed by atoms with E-state index in [1.54, 1.807) is 0 Å². The molecule has 0 aliphatic carbocycles. The van der Waals surface area contributed by atoms with Crippen molar-refractivity contribution in [2.45, 2.75) is 32.2 Å². The molecule has 1 amide bonds. The first-order chi connectivity index (χ1) is 18.3. The van der Waals surface area contributed by atoms with Crippen LogP contribution in [0.2, 0.25) is 0 Å². The highest BCUT2D eigenvalue weighted by molar-refractivity contribution is 6.02. The molecule has 6 heteroatoms. The number of anilines is 2. The zero-order chi connectivity index (χ0) is 27.0. The molecule has 5 rings (SSSR count). The highest BCUT2D eigenvalue weighted by atomic mass is 16.5. The summed E-state index contributed by atoms with van der Waals surface area (Å²) in [6.07, 6.45) is 2.19. The summed E-state index contributed by atoms with van der Waals surface area (Å²) in [5, 5.41) is 0. The number of hydrogen-bond donors (Lipinski definition) is 0. The van der Waals surface area contributed by atoms with E-state index in [9.17, 15) is 4.79 Å². The minimum absolute atomic E-state index is 0.0840. The Bertz CT molecular complexity index is 1270. The molecule has 2 heterocycles. The van der Waals surface area contributed by atoms with Crippen molar-refractivity contribution in [3.63, 3.8) is 0 Å². The van der Waals surface area contributed by atoms with Gasteiger partial charge >= 0.3 is 0 Å². The molecule has 0 aromatic heterocycles. The van der Waals surface area contributed by atoms with Crippen LogP contribution in [-0.2, 0) is 5.54 Å². The molecule has 0 fully saturated rings. The Kier molecular flexibility index (Phi) is 7.10. The fourth-order valence-electron chi connectivity index (χ4n) is 6.10. The first kappa shape index (κ1) is 26.1. The fourth-order valence-corrected chi connectivity index (χ4v) is 6.10. The van der Waals surface area contributed by atoms with Crippen LogP contribution in [0.1, 0.15) is 53.7 Å². The second-order valence-electron chi connectivity index (χ2n) is 10.8. The topological polar surface area (TPSA) is 39.3 Å². The van der Waals surface area contributed by atoms with Gasteiger partial charge in [0.15, 0.2) is 0 Å². The van der Waals surface area contributed by atoms with Crippen LogP contribution in [0.4, 0.5) is 11.4 Å². The molecule has 0 saturated heterocycles. The van der Waals surface area contributed by atoms with E-state index in [-0.39, 0.29) is 5.91 Å². The van der Waals surface area contributed by atoms with E-state index < -0.39 is 5.54 Å². The number of nitrogens with zero attached hydrogens (tertiary/aromatic N) is 4. The maximum atomic E-state index is 14.2. The van der Waals surface area contributed by atoms with E-state index in [0.29, 0.717) is 6.54 Å². The molecule has 0 N–H and O–H groups in total. The molecular weight excluding hydrogens is 472 g/mol. The van der Waals surface area contributed by atoms with Crippen molar-refractivity contribution in [2.75, 3.05) is 64.2 Å². The van der Waals surface area contributed by atoms with Crippen molar-refractivity contribution < 1.29 is 9.53 Å². The van der Waals surface area contributed by atoms with Gasteiger partial charge in [0.2, 0.25) is 0 Å². The molecule has 200 valence electrons. The largest absolute Gasteiger partial charge is 0.456 e. The third kappa shape index (κ3) is 4.11. The normalized spacial score (nSPS) is 14.8. The van der Waals surface area contributed by atoms with Gasteiger partial charge in [-0.05, 0) is 49.7 Å². The van der Waals surface area contributed by atoms with Gasteiger partial charge in [-0.25, -0.2) is 0 Å². The van der Waals surface area contributed by atoms with Crippen molar-refractivity contribution in [2.24, 2.45) is 0 Å². The Labute approximate surface area is 227 Å². The van der Waals surface area contributed by atoms with Crippen LogP contribution >= 0.6 is 0 Å². The quantitative estimate of drug-likeness (QED) is 0.363. The smallest absolute Gasteiger partial charge is 0.255 e. The van der Waals surface area contributed by atoms with Gasteiger partial charge in [0.1, 0.15) is 17.0 Å².